The molecule has 0 aliphatic carbocycles. The summed E-state index contributed by atoms with van der Waals surface area (Å²) in [5.74, 6) is -1.95. The number of nitriles is 1. The van der Waals surface area contributed by atoms with Crippen LogP contribution < -0.4 is 4.74 Å². The second kappa shape index (κ2) is 6.01. The summed E-state index contributed by atoms with van der Waals surface area (Å²) < 4.78 is 19.0. The van der Waals surface area contributed by atoms with Crippen LogP contribution >= 0.6 is 0 Å². The van der Waals surface area contributed by atoms with Crippen LogP contribution in [0.25, 0.3) is 0 Å². The third-order valence-electron chi connectivity index (χ3n) is 2.74. The highest BCUT2D eigenvalue weighted by Gasteiger charge is 2.11. The Morgan fingerprint density at radius 1 is 1.43 bits per heavy atom. The van der Waals surface area contributed by atoms with Gasteiger partial charge in [0.15, 0.2) is 11.6 Å². The number of pyridine rings is 1. The monoisotopic (exact) mass is 286 g/mol. The molecule has 0 aliphatic heterocycles. The smallest absolute Gasteiger partial charge is 0.335 e. The standard InChI is InChI=1S/C15H11FN2O3/c1-2-11-6-10(15(19)20)7-14(18-11)21-13-4-3-9(8-17)5-12(13)16/h3-7H,2H2,1H3,(H,19,20). The fourth-order valence-corrected chi connectivity index (χ4v) is 1.68. The summed E-state index contributed by atoms with van der Waals surface area (Å²) in [5.41, 5.74) is 0.714. The van der Waals surface area contributed by atoms with Crippen LogP contribution in [0.3, 0.4) is 0 Å². The molecule has 21 heavy (non-hydrogen) atoms. The predicted octanol–water partition coefficient (Wildman–Crippen LogP) is 3.15. The number of halogens is 1. The van der Waals surface area contributed by atoms with Gasteiger partial charge < -0.3 is 9.84 Å². The van der Waals surface area contributed by atoms with Crippen molar-refractivity contribution in [2.24, 2.45) is 0 Å². The van der Waals surface area contributed by atoms with Crippen LogP contribution in [0, 0.1) is 17.1 Å². The first-order valence-electron chi connectivity index (χ1n) is 6.15. The highest BCUT2D eigenvalue weighted by Crippen LogP contribution is 2.25. The molecule has 2 aromatic rings. The molecule has 0 spiro atoms. The lowest BCUT2D eigenvalue weighted by molar-refractivity contribution is 0.0696. The highest BCUT2D eigenvalue weighted by atomic mass is 19.1. The van der Waals surface area contributed by atoms with E-state index < -0.39 is 11.8 Å². The molecular weight excluding hydrogens is 275 g/mol. The van der Waals surface area contributed by atoms with Crippen LogP contribution in [0.15, 0.2) is 30.3 Å². The Morgan fingerprint density at radius 2 is 2.19 bits per heavy atom. The molecule has 1 aromatic carbocycles. The number of hydrogen-bond acceptors (Lipinski definition) is 4. The Bertz CT molecular complexity index is 738. The average Bonchev–Trinajstić information content (AvgIpc) is 2.48. The molecule has 106 valence electrons. The summed E-state index contributed by atoms with van der Waals surface area (Å²) >= 11 is 0. The van der Waals surface area contributed by atoms with Crippen LogP contribution in [0.2, 0.25) is 0 Å². The maximum absolute atomic E-state index is 13.7. The van der Waals surface area contributed by atoms with Gasteiger partial charge in [0, 0.05) is 11.8 Å². The lowest BCUT2D eigenvalue weighted by atomic mass is 10.2. The zero-order valence-electron chi connectivity index (χ0n) is 11.1. The minimum atomic E-state index is -1.11. The van der Waals surface area contributed by atoms with Crippen LogP contribution in [-0.2, 0) is 6.42 Å². The Labute approximate surface area is 120 Å². The maximum Gasteiger partial charge on any atom is 0.335 e. The summed E-state index contributed by atoms with van der Waals surface area (Å²) in [6.07, 6.45) is 0.521. The van der Waals surface area contributed by atoms with Crippen molar-refractivity contribution in [3.63, 3.8) is 0 Å². The van der Waals surface area contributed by atoms with E-state index in [2.05, 4.69) is 4.98 Å². The number of nitrogens with zero attached hydrogens (tertiary/aromatic N) is 2. The van der Waals surface area contributed by atoms with Gasteiger partial charge in [0.2, 0.25) is 5.88 Å². The highest BCUT2D eigenvalue weighted by molar-refractivity contribution is 5.88. The minimum Gasteiger partial charge on any atom is -0.478 e. The van der Waals surface area contributed by atoms with Gasteiger partial charge >= 0.3 is 5.97 Å². The number of carboxylic acids is 1. The number of ether oxygens (including phenoxy) is 1. The first-order chi connectivity index (χ1) is 10.0. The second-order valence-electron chi connectivity index (χ2n) is 4.20. The number of rotatable bonds is 4. The zero-order chi connectivity index (χ0) is 15.4. The molecule has 5 nitrogen and oxygen atoms in total. The number of aryl methyl sites for hydroxylation is 1. The molecular formula is C15H11FN2O3. The Morgan fingerprint density at radius 3 is 2.76 bits per heavy atom. The number of carbonyl (C=O) groups is 1. The molecule has 0 bridgehead atoms. The van der Waals surface area contributed by atoms with E-state index in [1.54, 1.807) is 0 Å². The van der Waals surface area contributed by atoms with Crippen molar-refractivity contribution in [3.8, 4) is 17.7 Å². The summed E-state index contributed by atoms with van der Waals surface area (Å²) in [4.78, 5) is 15.1. The Balaban J connectivity index is 2.37. The fourth-order valence-electron chi connectivity index (χ4n) is 1.68. The lowest BCUT2D eigenvalue weighted by Crippen LogP contribution is -2.02. The van der Waals surface area contributed by atoms with E-state index >= 15 is 0 Å². The molecule has 0 atom stereocenters. The Kier molecular flexibility index (Phi) is 4.14. The van der Waals surface area contributed by atoms with E-state index in [1.807, 2.05) is 13.0 Å². The van der Waals surface area contributed by atoms with Crippen LogP contribution in [-0.4, -0.2) is 16.1 Å². The number of hydrogen-bond donors (Lipinski definition) is 1. The van der Waals surface area contributed by atoms with Crippen LogP contribution in [0.1, 0.15) is 28.5 Å². The fraction of sp³-hybridized carbons (Fsp3) is 0.133. The zero-order valence-corrected chi connectivity index (χ0v) is 11.1. The van der Waals surface area contributed by atoms with Crippen molar-refractivity contribution in [3.05, 3.63) is 53.0 Å². The van der Waals surface area contributed by atoms with Gasteiger partial charge in [0.05, 0.1) is 17.2 Å². The largest absolute Gasteiger partial charge is 0.478 e. The molecule has 6 heteroatoms. The summed E-state index contributed by atoms with van der Waals surface area (Å²) in [6, 6.07) is 8.21. The van der Waals surface area contributed by atoms with Crippen molar-refractivity contribution >= 4 is 5.97 Å². The van der Waals surface area contributed by atoms with Gasteiger partial charge in [-0.2, -0.15) is 5.26 Å². The van der Waals surface area contributed by atoms with Gasteiger partial charge in [-0.05, 0) is 30.7 Å². The number of carboxylic acid groups (broad SMARTS) is 1. The molecule has 1 N–H and O–H groups in total. The molecule has 1 aromatic heterocycles. The summed E-state index contributed by atoms with van der Waals surface area (Å²) in [7, 11) is 0. The topological polar surface area (TPSA) is 83.2 Å². The number of aromatic nitrogens is 1. The van der Waals surface area contributed by atoms with E-state index in [0.717, 1.165) is 6.07 Å². The normalized spacial score (nSPS) is 9.95. The van der Waals surface area contributed by atoms with Gasteiger partial charge in [0.1, 0.15) is 0 Å². The first-order valence-corrected chi connectivity index (χ1v) is 6.15. The summed E-state index contributed by atoms with van der Waals surface area (Å²) in [5, 5.41) is 17.7. The van der Waals surface area contributed by atoms with Gasteiger partial charge in [0.25, 0.3) is 0 Å². The van der Waals surface area contributed by atoms with Gasteiger partial charge in [-0.3, -0.25) is 0 Å². The van der Waals surface area contributed by atoms with E-state index in [4.69, 9.17) is 15.1 Å². The molecule has 0 saturated heterocycles. The van der Waals surface area contributed by atoms with Crippen molar-refractivity contribution in [1.82, 2.24) is 4.98 Å². The third kappa shape index (κ3) is 3.34. The molecule has 0 radical (unpaired) electrons. The minimum absolute atomic E-state index is 0.00430. The quantitative estimate of drug-likeness (QED) is 0.933. The SMILES string of the molecule is CCc1cc(C(=O)O)cc(Oc2ccc(C#N)cc2F)n1. The predicted molar refractivity (Wildman–Crippen MR) is 71.8 cm³/mol. The van der Waals surface area contributed by atoms with Crippen molar-refractivity contribution in [2.75, 3.05) is 0 Å². The summed E-state index contributed by atoms with van der Waals surface area (Å²) in [6.45, 7) is 1.82. The van der Waals surface area contributed by atoms with Crippen molar-refractivity contribution in [2.45, 2.75) is 13.3 Å². The Hall–Kier alpha value is -2.94. The van der Waals surface area contributed by atoms with E-state index in [-0.39, 0.29) is 22.8 Å². The van der Waals surface area contributed by atoms with Crippen LogP contribution in [0.5, 0.6) is 11.6 Å². The molecule has 0 fully saturated rings. The van der Waals surface area contributed by atoms with Gasteiger partial charge in [-0.25, -0.2) is 14.2 Å². The first kappa shape index (κ1) is 14.5. The lowest BCUT2D eigenvalue weighted by Gasteiger charge is -2.08. The molecule has 1 heterocycles. The third-order valence-corrected chi connectivity index (χ3v) is 2.74. The van der Waals surface area contributed by atoms with Crippen molar-refractivity contribution in [1.29, 1.82) is 5.26 Å². The van der Waals surface area contributed by atoms with Crippen LogP contribution in [0.4, 0.5) is 4.39 Å². The molecule has 0 unspecified atom stereocenters. The van der Waals surface area contributed by atoms with E-state index in [1.165, 1.54) is 24.3 Å². The molecule has 0 saturated carbocycles. The number of benzene rings is 1. The maximum atomic E-state index is 13.7. The van der Waals surface area contributed by atoms with E-state index in [0.29, 0.717) is 12.1 Å². The van der Waals surface area contributed by atoms with Gasteiger partial charge in [-0.1, -0.05) is 6.92 Å². The van der Waals surface area contributed by atoms with E-state index in [9.17, 15) is 9.18 Å². The number of aromatic carboxylic acids is 1. The van der Waals surface area contributed by atoms with Crippen molar-refractivity contribution < 1.29 is 19.0 Å². The molecule has 0 amide bonds. The average molecular weight is 286 g/mol. The van der Waals surface area contributed by atoms with Gasteiger partial charge in [-0.15, -0.1) is 0 Å². The second-order valence-corrected chi connectivity index (χ2v) is 4.20. The molecule has 2 rings (SSSR count). The molecule has 0 aliphatic rings.